The van der Waals surface area contributed by atoms with Crippen LogP contribution in [0.3, 0.4) is 0 Å². The van der Waals surface area contributed by atoms with Crippen LogP contribution in [0.1, 0.15) is 124 Å². The molecule has 0 saturated carbocycles. The van der Waals surface area contributed by atoms with Gasteiger partial charge in [-0.1, -0.05) is 13.8 Å². The fraction of sp³-hybridized carbons (Fsp3) is 0.977. The number of aliphatic hydroxyl groups excluding tert-OH is 6. The number of nitrogens with one attached hydrogen (secondary N) is 2. The molecule has 0 aromatic carbocycles. The van der Waals surface area contributed by atoms with Gasteiger partial charge in [-0.3, -0.25) is 4.79 Å². The van der Waals surface area contributed by atoms with E-state index in [-0.39, 0.29) is 23.3 Å². The van der Waals surface area contributed by atoms with Crippen LogP contribution in [-0.4, -0.2) is 237 Å². The first kappa shape index (κ1) is 72.2. The molecule has 2 aliphatic heterocycles. The van der Waals surface area contributed by atoms with Crippen molar-refractivity contribution in [2.75, 3.05) is 47.1 Å². The SMILES string of the molecule is CC1(C)OC(CO)C(C)(O)C(C)(O)C1(C)O.CC1(C)OC(CO)C(C)(O)C(C)(O)C1(C)O.CNC(=O)CC(C)(O)C(C)C(C)(O)C(O)CO.CNCCC(C)(O)C(C)C(C)(O)C(O)CO.O.O. The predicted octanol–water partition coefficient (Wildman–Crippen LogP) is -5.13. The van der Waals surface area contributed by atoms with Crippen LogP contribution >= 0.6 is 0 Å². The lowest BCUT2D eigenvalue weighted by Gasteiger charge is -2.61. The minimum atomic E-state index is -1.80. The van der Waals surface area contributed by atoms with Crippen LogP contribution in [0.2, 0.25) is 0 Å². The Kier molecular flexibility index (Phi) is 26.8. The Balaban J connectivity index is -0.000000391. The Morgan fingerprint density at radius 1 is 0.567 bits per heavy atom. The molecule has 0 radical (unpaired) electrons. The van der Waals surface area contributed by atoms with E-state index >= 15 is 0 Å². The van der Waals surface area contributed by atoms with Crippen molar-refractivity contribution in [2.45, 2.75) is 215 Å². The van der Waals surface area contributed by atoms with Crippen LogP contribution in [0.4, 0.5) is 0 Å². The van der Waals surface area contributed by atoms with Gasteiger partial charge in [-0.25, -0.2) is 0 Å². The number of amides is 1. The second kappa shape index (κ2) is 24.8. The molecule has 2 rings (SSSR count). The van der Waals surface area contributed by atoms with Gasteiger partial charge in [0, 0.05) is 18.9 Å². The molecule has 2 heterocycles. The lowest BCUT2D eigenvalue weighted by atomic mass is 9.62. The monoisotopic (exact) mass is 989 g/mol. The average molecular weight is 989 g/mol. The highest BCUT2D eigenvalue weighted by Crippen LogP contribution is 2.50. The van der Waals surface area contributed by atoms with Crippen LogP contribution < -0.4 is 10.6 Å². The normalized spacial score (nSPS) is 36.3. The first-order valence-electron chi connectivity index (χ1n) is 21.9. The van der Waals surface area contributed by atoms with E-state index in [1.54, 1.807) is 48.6 Å². The highest BCUT2D eigenvalue weighted by atomic mass is 16.6. The lowest BCUT2D eigenvalue weighted by molar-refractivity contribution is -0.368. The molecule has 23 heteroatoms. The number of hydrogen-bond acceptors (Lipinski definition) is 20. The third-order valence-corrected chi connectivity index (χ3v) is 15.7. The molecule has 2 fully saturated rings. The third-order valence-electron chi connectivity index (χ3n) is 15.7. The Bertz CT molecular complexity index is 1400. The molecule has 16 unspecified atom stereocenters. The number of ether oxygens (including phenoxy) is 2. The van der Waals surface area contributed by atoms with E-state index in [1.807, 2.05) is 0 Å². The summed E-state index contributed by atoms with van der Waals surface area (Å²) in [6.07, 6.45) is -4.27. The summed E-state index contributed by atoms with van der Waals surface area (Å²) in [6, 6.07) is 0. The van der Waals surface area contributed by atoms with Crippen LogP contribution in [-0.2, 0) is 14.3 Å². The molecule has 22 N–H and O–H groups in total. The standard InChI is InChI=1S/C11H23NO5.C11H25NO4.2C11H22O5.2H2O/c1-7(11(3,17)8(14)6-13)10(2,16)5-9(15)12-4;1-8(10(2,15)5-6-12-4)11(3,16)9(14)7-13;2*1-8(2)10(4,14)11(5,15)9(3,13)7(6-12)16-8;;/h7-8,13-14,16-17H,5-6H2,1-4H3,(H,12,15);8-9,12-16H,5-7H2,1-4H3;2*7,12-15H,6H2,1-5H3;2*1H2. The Labute approximate surface area is 397 Å². The summed E-state index contributed by atoms with van der Waals surface area (Å²) in [5.41, 5.74) is -18.3. The zero-order valence-electron chi connectivity index (χ0n) is 43.3. The summed E-state index contributed by atoms with van der Waals surface area (Å²) in [6.45, 7) is 22.2. The van der Waals surface area contributed by atoms with Gasteiger partial charge in [0.2, 0.25) is 5.91 Å². The third kappa shape index (κ3) is 14.9. The highest BCUT2D eigenvalue weighted by Gasteiger charge is 2.69. The van der Waals surface area contributed by atoms with Crippen LogP contribution in [0.5, 0.6) is 0 Å². The van der Waals surface area contributed by atoms with Crippen LogP contribution in [0.15, 0.2) is 0 Å². The zero-order chi connectivity index (χ0) is 52.8. The minimum absolute atomic E-state index is 0. The molecule has 2 aliphatic rings. The highest BCUT2D eigenvalue weighted by molar-refractivity contribution is 5.76. The van der Waals surface area contributed by atoms with Crippen molar-refractivity contribution < 1.29 is 107 Å². The Hall–Kier alpha value is -1.37. The largest absolute Gasteiger partial charge is 0.412 e. The molecule has 0 aromatic rings. The summed E-state index contributed by atoms with van der Waals surface area (Å²) in [7, 11) is 3.23. The number of carbonyl (C=O) groups excluding carboxylic acids is 1. The summed E-state index contributed by atoms with van der Waals surface area (Å²) >= 11 is 0. The van der Waals surface area contributed by atoms with E-state index in [0.29, 0.717) is 13.0 Å². The van der Waals surface area contributed by atoms with E-state index < -0.39 is 130 Å². The maximum absolute atomic E-state index is 11.2. The quantitative estimate of drug-likeness (QED) is 0.0729. The Morgan fingerprint density at radius 3 is 1.09 bits per heavy atom. The van der Waals surface area contributed by atoms with Crippen molar-refractivity contribution in [3.8, 4) is 0 Å². The Morgan fingerprint density at radius 2 is 0.851 bits per heavy atom. The van der Waals surface area contributed by atoms with E-state index in [9.17, 15) is 76.3 Å². The molecule has 0 bridgehead atoms. The molecular formula is C44H96N2O21. The molecule has 1 amide bonds. The molecule has 408 valence electrons. The minimum Gasteiger partial charge on any atom is -0.412 e. The maximum Gasteiger partial charge on any atom is 0.222 e. The van der Waals surface area contributed by atoms with Gasteiger partial charge >= 0.3 is 0 Å². The smallest absolute Gasteiger partial charge is 0.222 e. The number of hydrogen-bond donors (Lipinski definition) is 18. The van der Waals surface area contributed by atoms with E-state index in [4.69, 9.17) is 19.7 Å². The molecule has 0 spiro atoms. The lowest BCUT2D eigenvalue weighted by Crippen LogP contribution is -2.80. The van der Waals surface area contributed by atoms with Gasteiger partial charge in [-0.05, 0) is 117 Å². The summed E-state index contributed by atoms with van der Waals surface area (Å²) < 4.78 is 11.0. The first-order chi connectivity index (χ1) is 28.6. The molecule has 0 aromatic heterocycles. The van der Waals surface area contributed by atoms with Crippen molar-refractivity contribution in [3.05, 3.63) is 0 Å². The van der Waals surface area contributed by atoms with Crippen molar-refractivity contribution in [1.29, 1.82) is 0 Å². The molecular weight excluding hydrogens is 892 g/mol. The summed E-state index contributed by atoms with van der Waals surface area (Å²) in [5, 5.41) is 163. The van der Waals surface area contributed by atoms with Crippen LogP contribution in [0.25, 0.3) is 0 Å². The van der Waals surface area contributed by atoms with Gasteiger partial charge in [0.15, 0.2) is 0 Å². The summed E-state index contributed by atoms with van der Waals surface area (Å²) in [5.74, 6) is -1.72. The predicted molar refractivity (Wildman–Crippen MR) is 247 cm³/mol. The van der Waals surface area contributed by atoms with Crippen molar-refractivity contribution in [2.24, 2.45) is 11.8 Å². The van der Waals surface area contributed by atoms with Crippen LogP contribution in [0, 0.1) is 11.8 Å². The van der Waals surface area contributed by atoms with Crippen molar-refractivity contribution in [3.63, 3.8) is 0 Å². The molecule has 67 heavy (non-hydrogen) atoms. The van der Waals surface area contributed by atoms with Gasteiger partial charge in [0.1, 0.15) is 58.0 Å². The van der Waals surface area contributed by atoms with E-state index in [2.05, 4.69) is 10.6 Å². The average Bonchev–Trinajstić information content (AvgIpc) is 3.18. The van der Waals surface area contributed by atoms with Gasteiger partial charge in [-0.15, -0.1) is 0 Å². The molecule has 0 aliphatic carbocycles. The number of rotatable bonds is 15. The van der Waals surface area contributed by atoms with Gasteiger partial charge in [-0.2, -0.15) is 0 Å². The second-order valence-corrected chi connectivity index (χ2v) is 20.9. The van der Waals surface area contributed by atoms with E-state index in [1.165, 1.54) is 76.3 Å². The van der Waals surface area contributed by atoms with Gasteiger partial charge < -0.3 is 113 Å². The number of aliphatic hydroxyl groups is 16. The van der Waals surface area contributed by atoms with Crippen molar-refractivity contribution >= 4 is 5.91 Å². The molecule has 16 atom stereocenters. The fourth-order valence-corrected chi connectivity index (χ4v) is 7.75. The topological polar surface area (TPSA) is 446 Å². The second-order valence-electron chi connectivity index (χ2n) is 20.9. The van der Waals surface area contributed by atoms with E-state index in [0.717, 1.165) is 0 Å². The fourth-order valence-electron chi connectivity index (χ4n) is 7.75. The van der Waals surface area contributed by atoms with Gasteiger partial charge in [0.25, 0.3) is 0 Å². The number of carbonyl (C=O) groups is 1. The van der Waals surface area contributed by atoms with Crippen molar-refractivity contribution in [1.82, 2.24) is 10.6 Å². The van der Waals surface area contributed by atoms with Gasteiger partial charge in [0.05, 0.1) is 66.5 Å². The molecule has 23 nitrogen and oxygen atoms in total. The first-order valence-corrected chi connectivity index (χ1v) is 21.9. The zero-order valence-corrected chi connectivity index (χ0v) is 43.3. The summed E-state index contributed by atoms with van der Waals surface area (Å²) in [4.78, 5) is 11.2. The maximum atomic E-state index is 11.2. The molecule has 2 saturated heterocycles.